The minimum absolute atomic E-state index is 0.234. The van der Waals surface area contributed by atoms with Crippen molar-refractivity contribution in [1.29, 1.82) is 0 Å². The Bertz CT molecular complexity index is 936. The number of carbonyl (C=O) groups is 2. The second-order valence-electron chi connectivity index (χ2n) is 5.65. The van der Waals surface area contributed by atoms with Crippen molar-refractivity contribution in [2.24, 2.45) is 0 Å². The molecule has 0 aliphatic carbocycles. The molecule has 3 aromatic carbocycles. The number of benzene rings is 3. The van der Waals surface area contributed by atoms with E-state index in [-0.39, 0.29) is 11.3 Å². The molecule has 0 saturated carbocycles. The molecule has 0 radical (unpaired) electrons. The number of rotatable bonds is 4. The second-order valence-corrected chi connectivity index (χ2v) is 5.65. The van der Waals surface area contributed by atoms with Gasteiger partial charge in [-0.25, -0.2) is 4.39 Å². The van der Waals surface area contributed by atoms with Gasteiger partial charge < -0.3 is 5.32 Å². The van der Waals surface area contributed by atoms with Gasteiger partial charge in [-0.1, -0.05) is 54.6 Å². The Balaban J connectivity index is 1.94. The molecule has 3 rings (SSSR count). The van der Waals surface area contributed by atoms with Crippen molar-refractivity contribution in [1.82, 2.24) is 0 Å². The zero-order chi connectivity index (χ0) is 17.8. The minimum Gasteiger partial charge on any atom is -0.322 e. The SMILES string of the molecule is Cc1ccc(F)cc1NC(=O)c1ccccc1C(=O)c1ccccc1. The van der Waals surface area contributed by atoms with Crippen molar-refractivity contribution >= 4 is 17.4 Å². The number of hydrogen-bond donors (Lipinski definition) is 1. The molecular formula is C21H16FNO2. The summed E-state index contributed by atoms with van der Waals surface area (Å²) in [5.41, 5.74) is 2.18. The highest BCUT2D eigenvalue weighted by Crippen LogP contribution is 2.20. The zero-order valence-corrected chi connectivity index (χ0v) is 13.6. The van der Waals surface area contributed by atoms with Crippen LogP contribution >= 0.6 is 0 Å². The van der Waals surface area contributed by atoms with E-state index in [2.05, 4.69) is 5.32 Å². The molecule has 124 valence electrons. The fraction of sp³-hybridized carbons (Fsp3) is 0.0476. The van der Waals surface area contributed by atoms with Gasteiger partial charge in [-0.05, 0) is 30.7 Å². The second kappa shape index (κ2) is 7.09. The van der Waals surface area contributed by atoms with E-state index in [0.717, 1.165) is 5.56 Å². The summed E-state index contributed by atoms with van der Waals surface area (Å²) in [7, 11) is 0. The van der Waals surface area contributed by atoms with Crippen LogP contribution in [0.3, 0.4) is 0 Å². The quantitative estimate of drug-likeness (QED) is 0.708. The van der Waals surface area contributed by atoms with Crippen LogP contribution in [0.1, 0.15) is 31.8 Å². The number of anilines is 1. The van der Waals surface area contributed by atoms with E-state index in [4.69, 9.17) is 0 Å². The van der Waals surface area contributed by atoms with E-state index in [9.17, 15) is 14.0 Å². The lowest BCUT2D eigenvalue weighted by atomic mass is 9.98. The van der Waals surface area contributed by atoms with Gasteiger partial charge in [0.1, 0.15) is 5.82 Å². The summed E-state index contributed by atoms with van der Waals surface area (Å²) in [4.78, 5) is 25.4. The molecule has 0 aromatic heterocycles. The number of nitrogens with one attached hydrogen (secondary N) is 1. The van der Waals surface area contributed by atoms with Crippen LogP contribution in [0.5, 0.6) is 0 Å². The monoisotopic (exact) mass is 333 g/mol. The van der Waals surface area contributed by atoms with Crippen molar-refractivity contribution in [3.05, 3.63) is 101 Å². The van der Waals surface area contributed by atoms with Crippen LogP contribution in [0, 0.1) is 12.7 Å². The summed E-state index contributed by atoms with van der Waals surface area (Å²) < 4.78 is 13.4. The van der Waals surface area contributed by atoms with Gasteiger partial charge >= 0.3 is 0 Å². The van der Waals surface area contributed by atoms with E-state index in [0.29, 0.717) is 16.8 Å². The van der Waals surface area contributed by atoms with E-state index >= 15 is 0 Å². The van der Waals surface area contributed by atoms with Crippen LogP contribution in [-0.4, -0.2) is 11.7 Å². The maximum absolute atomic E-state index is 13.4. The smallest absolute Gasteiger partial charge is 0.256 e. The normalized spacial score (nSPS) is 10.3. The molecule has 3 nitrogen and oxygen atoms in total. The Hall–Kier alpha value is -3.27. The Morgan fingerprint density at radius 3 is 2.20 bits per heavy atom. The predicted molar refractivity (Wildman–Crippen MR) is 95.4 cm³/mol. The molecule has 3 aromatic rings. The first-order valence-electron chi connectivity index (χ1n) is 7.82. The van der Waals surface area contributed by atoms with Crippen LogP contribution in [0.2, 0.25) is 0 Å². The third kappa shape index (κ3) is 3.63. The maximum Gasteiger partial charge on any atom is 0.256 e. The fourth-order valence-corrected chi connectivity index (χ4v) is 2.54. The number of aryl methyl sites for hydroxylation is 1. The lowest BCUT2D eigenvalue weighted by molar-refractivity contribution is 0.0996. The lowest BCUT2D eigenvalue weighted by Gasteiger charge is -2.11. The van der Waals surface area contributed by atoms with E-state index in [1.807, 2.05) is 6.07 Å². The standard InChI is InChI=1S/C21H16FNO2/c1-14-11-12-16(22)13-19(14)23-21(25)18-10-6-5-9-17(18)20(24)15-7-3-2-4-8-15/h2-13H,1H3,(H,23,25). The Morgan fingerprint density at radius 1 is 0.840 bits per heavy atom. The van der Waals surface area contributed by atoms with Crippen LogP contribution in [0.25, 0.3) is 0 Å². The Morgan fingerprint density at radius 2 is 1.48 bits per heavy atom. The number of halogens is 1. The average molecular weight is 333 g/mol. The van der Waals surface area contributed by atoms with Gasteiger partial charge in [-0.2, -0.15) is 0 Å². The first kappa shape index (κ1) is 16.6. The van der Waals surface area contributed by atoms with Crippen LogP contribution in [-0.2, 0) is 0 Å². The molecule has 0 spiro atoms. The summed E-state index contributed by atoms with van der Waals surface area (Å²) >= 11 is 0. The van der Waals surface area contributed by atoms with Crippen molar-refractivity contribution in [2.75, 3.05) is 5.32 Å². The van der Waals surface area contributed by atoms with Gasteiger partial charge in [-0.15, -0.1) is 0 Å². The van der Waals surface area contributed by atoms with Gasteiger partial charge in [0.15, 0.2) is 5.78 Å². The maximum atomic E-state index is 13.4. The summed E-state index contributed by atoms with van der Waals surface area (Å²) in [5, 5.41) is 2.68. The molecule has 0 saturated heterocycles. The molecule has 0 heterocycles. The third-order valence-electron chi connectivity index (χ3n) is 3.90. The average Bonchev–Trinajstić information content (AvgIpc) is 2.65. The molecule has 1 amide bonds. The van der Waals surface area contributed by atoms with Crippen molar-refractivity contribution in [2.45, 2.75) is 6.92 Å². The number of ketones is 1. The number of amides is 1. The first-order chi connectivity index (χ1) is 12.1. The van der Waals surface area contributed by atoms with Gasteiger partial charge in [0.2, 0.25) is 0 Å². The summed E-state index contributed by atoms with van der Waals surface area (Å²) in [6.45, 7) is 1.77. The molecule has 0 aliphatic rings. The summed E-state index contributed by atoms with van der Waals surface area (Å²) in [5.74, 6) is -1.12. The lowest BCUT2D eigenvalue weighted by Crippen LogP contribution is -2.17. The van der Waals surface area contributed by atoms with E-state index in [1.165, 1.54) is 12.1 Å². The highest BCUT2D eigenvalue weighted by Gasteiger charge is 2.18. The molecule has 4 heteroatoms. The topological polar surface area (TPSA) is 46.2 Å². The van der Waals surface area contributed by atoms with Crippen molar-refractivity contribution in [3.63, 3.8) is 0 Å². The van der Waals surface area contributed by atoms with Gasteiger partial charge in [0.05, 0.1) is 5.56 Å². The van der Waals surface area contributed by atoms with Crippen LogP contribution in [0.4, 0.5) is 10.1 Å². The Labute approximate surface area is 145 Å². The third-order valence-corrected chi connectivity index (χ3v) is 3.90. The Kier molecular flexibility index (Phi) is 4.70. The fourth-order valence-electron chi connectivity index (χ4n) is 2.54. The molecule has 0 atom stereocenters. The van der Waals surface area contributed by atoms with Crippen LogP contribution in [0.15, 0.2) is 72.8 Å². The van der Waals surface area contributed by atoms with Crippen molar-refractivity contribution < 1.29 is 14.0 Å². The predicted octanol–water partition coefficient (Wildman–Crippen LogP) is 4.62. The minimum atomic E-state index is -0.450. The molecule has 0 fully saturated rings. The molecule has 0 bridgehead atoms. The number of carbonyl (C=O) groups excluding carboxylic acids is 2. The zero-order valence-electron chi connectivity index (χ0n) is 13.6. The molecule has 0 unspecified atom stereocenters. The van der Waals surface area contributed by atoms with Crippen molar-refractivity contribution in [3.8, 4) is 0 Å². The summed E-state index contributed by atoms with van der Waals surface area (Å²) in [6.07, 6.45) is 0. The van der Waals surface area contributed by atoms with E-state index in [1.54, 1.807) is 61.5 Å². The molecule has 0 aliphatic heterocycles. The van der Waals surface area contributed by atoms with Gasteiger partial charge in [0.25, 0.3) is 5.91 Å². The molecule has 1 N–H and O–H groups in total. The largest absolute Gasteiger partial charge is 0.322 e. The highest BCUT2D eigenvalue weighted by molar-refractivity contribution is 6.17. The van der Waals surface area contributed by atoms with Gasteiger partial charge in [0, 0.05) is 16.8 Å². The first-order valence-corrected chi connectivity index (χ1v) is 7.82. The summed E-state index contributed by atoms with van der Waals surface area (Å²) in [6, 6.07) is 19.5. The number of hydrogen-bond acceptors (Lipinski definition) is 2. The molecular weight excluding hydrogens is 317 g/mol. The van der Waals surface area contributed by atoms with Gasteiger partial charge in [-0.3, -0.25) is 9.59 Å². The molecule has 25 heavy (non-hydrogen) atoms. The highest BCUT2D eigenvalue weighted by atomic mass is 19.1. The van der Waals surface area contributed by atoms with Crippen LogP contribution < -0.4 is 5.32 Å². The van der Waals surface area contributed by atoms with E-state index < -0.39 is 11.7 Å².